The molecule has 7 nitrogen and oxygen atoms in total. The molecule has 0 atom stereocenters. The number of ether oxygens (including phenoxy) is 3. The maximum absolute atomic E-state index is 15.0. The molecule has 0 spiro atoms. The Kier molecular flexibility index (Phi) is 6.18. The number of aromatic amines is 1. The zero-order valence-corrected chi connectivity index (χ0v) is 21.1. The van der Waals surface area contributed by atoms with E-state index in [-0.39, 0.29) is 17.3 Å². The average Bonchev–Trinajstić information content (AvgIpc) is 3.25. The van der Waals surface area contributed by atoms with Crippen LogP contribution in [0.25, 0.3) is 22.0 Å². The molecule has 37 heavy (non-hydrogen) atoms. The van der Waals surface area contributed by atoms with Crippen LogP contribution in [-0.4, -0.2) is 53.2 Å². The molecule has 2 aromatic carbocycles. The lowest BCUT2D eigenvalue weighted by Crippen LogP contribution is -2.42. The normalized spacial score (nSPS) is 15.8. The van der Waals surface area contributed by atoms with Crippen molar-refractivity contribution in [2.24, 2.45) is 0 Å². The topological polar surface area (TPSA) is 76.7 Å². The summed E-state index contributed by atoms with van der Waals surface area (Å²) in [6.45, 7) is 1.91. The van der Waals surface area contributed by atoms with E-state index in [1.54, 1.807) is 41.7 Å². The van der Waals surface area contributed by atoms with Gasteiger partial charge < -0.3 is 24.1 Å². The number of carbonyl (C=O) groups is 1. The molecule has 0 unspecified atom stereocenters. The second kappa shape index (κ2) is 9.64. The minimum atomic E-state index is -0.594. The van der Waals surface area contributed by atoms with Gasteiger partial charge in [0.25, 0.3) is 5.91 Å². The van der Waals surface area contributed by atoms with Crippen molar-refractivity contribution in [1.29, 1.82) is 0 Å². The number of rotatable bonds is 9. The molecule has 0 radical (unpaired) electrons. The van der Waals surface area contributed by atoms with Crippen LogP contribution in [-0.2, 0) is 4.74 Å². The molecule has 4 aromatic rings. The van der Waals surface area contributed by atoms with Gasteiger partial charge >= 0.3 is 0 Å². The van der Waals surface area contributed by atoms with Gasteiger partial charge in [0.1, 0.15) is 22.1 Å². The van der Waals surface area contributed by atoms with E-state index in [1.807, 2.05) is 29.6 Å². The molecule has 2 aromatic heterocycles. The Labute approximate surface area is 217 Å². The van der Waals surface area contributed by atoms with Gasteiger partial charge in [-0.3, -0.25) is 4.79 Å². The predicted octanol–water partition coefficient (Wildman–Crippen LogP) is 6.14. The van der Waals surface area contributed by atoms with Gasteiger partial charge in [0, 0.05) is 54.7 Å². The number of benzene rings is 2. The van der Waals surface area contributed by atoms with Gasteiger partial charge in [-0.2, -0.15) is 0 Å². The van der Waals surface area contributed by atoms with Crippen LogP contribution in [0.5, 0.6) is 17.2 Å². The second-order valence-electron chi connectivity index (χ2n) is 9.43. The highest BCUT2D eigenvalue weighted by Crippen LogP contribution is 2.43. The minimum absolute atomic E-state index is 0.0382. The number of halogens is 1. The lowest BCUT2D eigenvalue weighted by atomic mass is 10.1. The number of hydrogen-bond donors (Lipinski definition) is 1. The molecule has 0 bridgehead atoms. The van der Waals surface area contributed by atoms with Gasteiger partial charge in [0.15, 0.2) is 11.6 Å². The van der Waals surface area contributed by atoms with E-state index in [9.17, 15) is 9.18 Å². The Morgan fingerprint density at radius 2 is 1.92 bits per heavy atom. The first-order valence-corrected chi connectivity index (χ1v) is 13.1. The summed E-state index contributed by atoms with van der Waals surface area (Å²) in [7, 11) is 1.66. The van der Waals surface area contributed by atoms with Crippen LogP contribution < -0.4 is 9.47 Å². The van der Waals surface area contributed by atoms with E-state index in [0.717, 1.165) is 41.2 Å². The van der Waals surface area contributed by atoms with Gasteiger partial charge in [0.05, 0.1) is 12.3 Å². The van der Waals surface area contributed by atoms with Gasteiger partial charge in [-0.1, -0.05) is 0 Å². The zero-order chi connectivity index (χ0) is 25.4. The number of carbonyl (C=O) groups excluding carboxylic acids is 1. The number of hydrogen-bond acceptors (Lipinski definition) is 6. The number of nitrogens with zero attached hydrogens (tertiary/aromatic N) is 2. The predicted molar refractivity (Wildman–Crippen MR) is 139 cm³/mol. The molecule has 1 N–H and O–H groups in total. The molecule has 1 saturated carbocycles. The number of H-pyrrole nitrogens is 1. The summed E-state index contributed by atoms with van der Waals surface area (Å²) in [4.78, 5) is 21.9. The van der Waals surface area contributed by atoms with Crippen molar-refractivity contribution < 1.29 is 23.4 Å². The molecular formula is C28H26FN3O4S. The highest BCUT2D eigenvalue weighted by molar-refractivity contribution is 7.13. The third kappa shape index (κ3) is 4.97. The number of aromatic nitrogens is 2. The van der Waals surface area contributed by atoms with Crippen LogP contribution in [0, 0.1) is 5.82 Å². The number of amides is 1. The Bertz CT molecular complexity index is 1430. The molecule has 2 aliphatic rings. The fourth-order valence-electron chi connectivity index (χ4n) is 4.36. The Balaban J connectivity index is 1.30. The molecule has 1 saturated heterocycles. The summed E-state index contributed by atoms with van der Waals surface area (Å²) in [5.41, 5.74) is 2.56. The lowest BCUT2D eigenvalue weighted by Gasteiger charge is -2.30. The molecule has 3 heterocycles. The Morgan fingerprint density at radius 3 is 2.59 bits per heavy atom. The summed E-state index contributed by atoms with van der Waals surface area (Å²) in [6, 6.07) is 13.8. The summed E-state index contributed by atoms with van der Waals surface area (Å²) in [5.74, 6) is 0.314. The Hall–Kier alpha value is -3.69. The molecule has 2 fully saturated rings. The van der Waals surface area contributed by atoms with Crippen molar-refractivity contribution in [2.75, 3.05) is 26.8 Å². The highest BCUT2D eigenvalue weighted by atomic mass is 32.1. The number of nitrogens with one attached hydrogen (secondary N) is 1. The molecule has 1 aliphatic carbocycles. The zero-order valence-electron chi connectivity index (χ0n) is 20.3. The van der Waals surface area contributed by atoms with Gasteiger partial charge in [-0.25, -0.2) is 9.37 Å². The molecule has 1 aliphatic heterocycles. The van der Waals surface area contributed by atoms with Crippen LogP contribution in [0.3, 0.4) is 0 Å². The van der Waals surface area contributed by atoms with Crippen molar-refractivity contribution in [1.82, 2.24) is 14.9 Å². The summed E-state index contributed by atoms with van der Waals surface area (Å²) >= 11 is 1.55. The first-order valence-electron chi connectivity index (χ1n) is 12.2. The number of likely N-dealkylation sites (tertiary alicyclic amines) is 1. The van der Waals surface area contributed by atoms with Gasteiger partial charge in [-0.15, -0.1) is 11.3 Å². The van der Waals surface area contributed by atoms with E-state index in [4.69, 9.17) is 14.2 Å². The quantitative estimate of drug-likeness (QED) is 0.287. The minimum Gasteiger partial charge on any atom is -0.485 e. The molecule has 1 amide bonds. The van der Waals surface area contributed by atoms with E-state index < -0.39 is 5.82 Å². The van der Waals surface area contributed by atoms with Crippen molar-refractivity contribution in [3.8, 4) is 39.2 Å². The summed E-state index contributed by atoms with van der Waals surface area (Å²) < 4.78 is 32.7. The fourth-order valence-corrected chi connectivity index (χ4v) is 4.98. The van der Waals surface area contributed by atoms with E-state index >= 15 is 0 Å². The highest BCUT2D eigenvalue weighted by Gasteiger charge is 2.45. The third-order valence-electron chi connectivity index (χ3n) is 6.64. The number of methoxy groups -OCH3 is 1. The van der Waals surface area contributed by atoms with Crippen LogP contribution in [0.15, 0.2) is 60.1 Å². The SMILES string of the molecule is COCC1(Oc2cc(Oc3ccc(C(=O)N4CCC4)cc3F)cc(-c3ccc(-c4nccs4)[nH]3)c2)CC1. The average molecular weight is 520 g/mol. The second-order valence-corrected chi connectivity index (χ2v) is 10.3. The largest absolute Gasteiger partial charge is 0.485 e. The van der Waals surface area contributed by atoms with Crippen molar-refractivity contribution >= 4 is 17.2 Å². The van der Waals surface area contributed by atoms with Crippen molar-refractivity contribution in [2.45, 2.75) is 24.9 Å². The van der Waals surface area contributed by atoms with Crippen LogP contribution in [0.1, 0.15) is 29.6 Å². The fraction of sp³-hybridized carbons (Fsp3) is 0.286. The standard InChI is InChI=1S/C28H26FN3O4S/c1-34-17-28(7-8-28)36-21-14-19(23-4-5-24(31-23)26-30-9-12-37-26)13-20(16-21)35-25-6-3-18(15-22(25)29)27(33)32-10-2-11-32/h3-6,9,12-16,31H,2,7-8,10-11,17H2,1H3. The van der Waals surface area contributed by atoms with Crippen LogP contribution >= 0.6 is 11.3 Å². The van der Waals surface area contributed by atoms with Crippen molar-refractivity contribution in [3.05, 3.63) is 71.5 Å². The molecule has 190 valence electrons. The lowest BCUT2D eigenvalue weighted by molar-refractivity contribution is 0.0638. The monoisotopic (exact) mass is 519 g/mol. The van der Waals surface area contributed by atoms with Crippen LogP contribution in [0.2, 0.25) is 0 Å². The van der Waals surface area contributed by atoms with Gasteiger partial charge in [-0.05, 0) is 61.7 Å². The summed E-state index contributed by atoms with van der Waals surface area (Å²) in [5, 5.41) is 2.82. The smallest absolute Gasteiger partial charge is 0.253 e. The van der Waals surface area contributed by atoms with E-state index in [2.05, 4.69) is 9.97 Å². The number of thiazole rings is 1. The first kappa shape index (κ1) is 23.7. The van der Waals surface area contributed by atoms with E-state index in [1.165, 1.54) is 12.1 Å². The van der Waals surface area contributed by atoms with Gasteiger partial charge in [0.2, 0.25) is 0 Å². The van der Waals surface area contributed by atoms with E-state index in [0.29, 0.717) is 36.8 Å². The summed E-state index contributed by atoms with van der Waals surface area (Å²) in [6.07, 6.45) is 4.55. The first-order chi connectivity index (χ1) is 18.0. The molecule has 9 heteroatoms. The Morgan fingerprint density at radius 1 is 1.11 bits per heavy atom. The maximum Gasteiger partial charge on any atom is 0.253 e. The maximum atomic E-state index is 15.0. The van der Waals surface area contributed by atoms with Crippen LogP contribution in [0.4, 0.5) is 4.39 Å². The molecular weight excluding hydrogens is 493 g/mol. The third-order valence-corrected chi connectivity index (χ3v) is 7.45. The van der Waals surface area contributed by atoms with Crippen molar-refractivity contribution in [3.63, 3.8) is 0 Å². The molecule has 6 rings (SSSR count).